The number of hydrogen-bond acceptors (Lipinski definition) is 3. The van der Waals surface area contributed by atoms with Gasteiger partial charge in [-0.05, 0) is 45.9 Å². The number of ether oxygens (including phenoxy) is 1. The minimum absolute atomic E-state index is 0.0666. The maximum atomic E-state index is 12.3. The van der Waals surface area contributed by atoms with E-state index in [1.165, 1.54) is 0 Å². The molecule has 0 radical (unpaired) electrons. The van der Waals surface area contributed by atoms with Gasteiger partial charge in [0.2, 0.25) is 0 Å². The zero-order valence-corrected chi connectivity index (χ0v) is 12.3. The maximum Gasteiger partial charge on any atom is 0.254 e. The Morgan fingerprint density at radius 2 is 2.05 bits per heavy atom. The Bertz CT molecular complexity index is 441. The molecule has 1 N–H and O–H groups in total. The number of aliphatic hydroxyl groups excluding tert-OH is 1. The monoisotopic (exact) mass is 265 g/mol. The number of likely N-dealkylation sites (N-methyl/N-ethyl adjacent to an activating group) is 1. The van der Waals surface area contributed by atoms with E-state index in [0.29, 0.717) is 11.3 Å². The highest BCUT2D eigenvalue weighted by Crippen LogP contribution is 2.19. The summed E-state index contributed by atoms with van der Waals surface area (Å²) in [7, 11) is 1.69. The first-order valence-corrected chi connectivity index (χ1v) is 6.43. The van der Waals surface area contributed by atoms with Crippen LogP contribution < -0.4 is 4.74 Å². The third-order valence-electron chi connectivity index (χ3n) is 3.05. The second-order valence-corrected chi connectivity index (χ2v) is 5.53. The van der Waals surface area contributed by atoms with Crippen LogP contribution in [-0.2, 0) is 0 Å². The number of amides is 1. The second-order valence-electron chi connectivity index (χ2n) is 5.53. The smallest absolute Gasteiger partial charge is 0.254 e. The van der Waals surface area contributed by atoms with Gasteiger partial charge in [0, 0.05) is 12.6 Å². The molecule has 1 aromatic rings. The van der Waals surface area contributed by atoms with Gasteiger partial charge in [-0.1, -0.05) is 6.07 Å². The molecule has 4 heteroatoms. The lowest BCUT2D eigenvalue weighted by Gasteiger charge is -2.34. The van der Waals surface area contributed by atoms with Gasteiger partial charge in [-0.25, -0.2) is 0 Å². The fourth-order valence-corrected chi connectivity index (χ4v) is 1.55. The Morgan fingerprint density at radius 3 is 2.58 bits per heavy atom. The molecule has 0 aliphatic carbocycles. The molecule has 0 saturated heterocycles. The van der Waals surface area contributed by atoms with Crippen molar-refractivity contribution in [3.63, 3.8) is 0 Å². The largest absolute Gasteiger partial charge is 0.491 e. The van der Waals surface area contributed by atoms with E-state index in [1.54, 1.807) is 30.1 Å². The van der Waals surface area contributed by atoms with Gasteiger partial charge in [-0.2, -0.15) is 0 Å². The van der Waals surface area contributed by atoms with Crippen LogP contribution in [0, 0.1) is 0 Å². The van der Waals surface area contributed by atoms with E-state index in [2.05, 4.69) is 0 Å². The summed E-state index contributed by atoms with van der Waals surface area (Å²) in [5.74, 6) is 0.546. The van der Waals surface area contributed by atoms with Crippen molar-refractivity contribution in [3.05, 3.63) is 29.8 Å². The first-order chi connectivity index (χ1) is 8.77. The Labute approximate surface area is 115 Å². The predicted molar refractivity (Wildman–Crippen MR) is 75.5 cm³/mol. The van der Waals surface area contributed by atoms with Gasteiger partial charge in [0.15, 0.2) is 0 Å². The number of carbonyl (C=O) groups is 1. The van der Waals surface area contributed by atoms with Crippen LogP contribution in [0.25, 0.3) is 0 Å². The molecule has 0 aliphatic rings. The summed E-state index contributed by atoms with van der Waals surface area (Å²) in [6, 6.07) is 7.10. The minimum atomic E-state index is -0.591. The molecule has 0 atom stereocenters. The third kappa shape index (κ3) is 3.96. The minimum Gasteiger partial charge on any atom is -0.491 e. The van der Waals surface area contributed by atoms with Gasteiger partial charge in [0.25, 0.3) is 5.91 Å². The van der Waals surface area contributed by atoms with Crippen molar-refractivity contribution in [3.8, 4) is 5.75 Å². The summed E-state index contributed by atoms with van der Waals surface area (Å²) >= 11 is 0. The zero-order valence-electron chi connectivity index (χ0n) is 12.3. The number of rotatable bonds is 5. The molecule has 1 amide bonds. The molecule has 0 heterocycles. The lowest BCUT2D eigenvalue weighted by atomic mass is 10.0. The Kier molecular flexibility index (Phi) is 4.95. The summed E-state index contributed by atoms with van der Waals surface area (Å²) in [5.41, 5.74) is -0.0337. The molecule has 106 valence electrons. The van der Waals surface area contributed by atoms with E-state index in [9.17, 15) is 9.90 Å². The van der Waals surface area contributed by atoms with E-state index < -0.39 is 5.54 Å². The molecule has 1 aromatic carbocycles. The van der Waals surface area contributed by atoms with Crippen molar-refractivity contribution in [2.75, 3.05) is 13.7 Å². The van der Waals surface area contributed by atoms with Crippen LogP contribution in [0.2, 0.25) is 0 Å². The first-order valence-electron chi connectivity index (χ1n) is 6.43. The molecule has 0 unspecified atom stereocenters. The maximum absolute atomic E-state index is 12.3. The predicted octanol–water partition coefficient (Wildman–Crippen LogP) is 2.32. The molecule has 0 spiro atoms. The van der Waals surface area contributed by atoms with Crippen LogP contribution in [0.5, 0.6) is 5.75 Å². The van der Waals surface area contributed by atoms with Crippen molar-refractivity contribution in [1.29, 1.82) is 0 Å². The van der Waals surface area contributed by atoms with Crippen LogP contribution >= 0.6 is 0 Å². The lowest BCUT2D eigenvalue weighted by molar-refractivity contribution is 0.0472. The lowest BCUT2D eigenvalue weighted by Crippen LogP contribution is -2.47. The van der Waals surface area contributed by atoms with Gasteiger partial charge in [-0.15, -0.1) is 0 Å². The fourth-order valence-electron chi connectivity index (χ4n) is 1.55. The zero-order chi connectivity index (χ0) is 14.6. The molecular formula is C15H23NO3. The number of aliphatic hydroxyl groups is 1. The molecule has 0 fully saturated rings. The third-order valence-corrected chi connectivity index (χ3v) is 3.05. The van der Waals surface area contributed by atoms with Crippen LogP contribution in [0.3, 0.4) is 0 Å². The summed E-state index contributed by atoms with van der Waals surface area (Å²) < 4.78 is 5.58. The van der Waals surface area contributed by atoms with Gasteiger partial charge in [0.1, 0.15) is 5.75 Å². The van der Waals surface area contributed by atoms with Gasteiger partial charge in [-0.3, -0.25) is 4.79 Å². The first kappa shape index (κ1) is 15.5. The number of nitrogens with zero attached hydrogens (tertiary/aromatic N) is 1. The molecule has 0 saturated carbocycles. The molecule has 0 aliphatic heterocycles. The quantitative estimate of drug-likeness (QED) is 0.889. The van der Waals surface area contributed by atoms with Crippen molar-refractivity contribution in [2.45, 2.75) is 39.3 Å². The number of carbonyl (C=O) groups excluding carboxylic acids is 1. The second kappa shape index (κ2) is 6.06. The standard InChI is InChI=1S/C15H23NO3/c1-11(2)19-13-8-6-7-12(9-13)14(18)16(5)15(3,4)10-17/h6-9,11,17H,10H2,1-5H3. The van der Waals surface area contributed by atoms with E-state index >= 15 is 0 Å². The molecule has 4 nitrogen and oxygen atoms in total. The topological polar surface area (TPSA) is 49.8 Å². The van der Waals surface area contributed by atoms with Crippen molar-refractivity contribution in [1.82, 2.24) is 4.90 Å². The average Bonchev–Trinajstić information content (AvgIpc) is 2.36. The Morgan fingerprint density at radius 1 is 1.42 bits per heavy atom. The van der Waals surface area contributed by atoms with E-state index in [0.717, 1.165) is 0 Å². The fraction of sp³-hybridized carbons (Fsp3) is 0.533. The van der Waals surface area contributed by atoms with Crippen LogP contribution in [-0.4, -0.2) is 41.2 Å². The summed E-state index contributed by atoms with van der Waals surface area (Å²) in [5, 5.41) is 9.32. The SMILES string of the molecule is CC(C)Oc1cccc(C(=O)N(C)C(C)(C)CO)c1. The van der Waals surface area contributed by atoms with Crippen molar-refractivity contribution < 1.29 is 14.6 Å². The van der Waals surface area contributed by atoms with E-state index in [4.69, 9.17) is 4.74 Å². The normalized spacial score (nSPS) is 11.5. The molecule has 1 rings (SSSR count). The van der Waals surface area contributed by atoms with Gasteiger partial charge >= 0.3 is 0 Å². The van der Waals surface area contributed by atoms with Gasteiger partial charge in [0.05, 0.1) is 18.2 Å². The average molecular weight is 265 g/mol. The number of benzene rings is 1. The van der Waals surface area contributed by atoms with Crippen LogP contribution in [0.1, 0.15) is 38.1 Å². The van der Waals surface area contributed by atoms with Gasteiger partial charge < -0.3 is 14.7 Å². The summed E-state index contributed by atoms with van der Waals surface area (Å²) in [4.78, 5) is 13.9. The van der Waals surface area contributed by atoms with Crippen LogP contribution in [0.4, 0.5) is 0 Å². The highest BCUT2D eigenvalue weighted by atomic mass is 16.5. The highest BCUT2D eigenvalue weighted by molar-refractivity contribution is 5.94. The summed E-state index contributed by atoms with van der Waals surface area (Å²) in [6.45, 7) is 7.43. The van der Waals surface area contributed by atoms with Crippen molar-refractivity contribution >= 4 is 5.91 Å². The van der Waals surface area contributed by atoms with E-state index in [1.807, 2.05) is 33.8 Å². The van der Waals surface area contributed by atoms with Crippen molar-refractivity contribution in [2.24, 2.45) is 0 Å². The highest BCUT2D eigenvalue weighted by Gasteiger charge is 2.27. The van der Waals surface area contributed by atoms with Crippen LogP contribution in [0.15, 0.2) is 24.3 Å². The summed E-state index contributed by atoms with van der Waals surface area (Å²) in [6.07, 6.45) is 0.0666. The Balaban J connectivity index is 2.94. The molecular weight excluding hydrogens is 242 g/mol. The Hall–Kier alpha value is -1.55. The number of hydrogen-bond donors (Lipinski definition) is 1. The molecule has 19 heavy (non-hydrogen) atoms. The molecule has 0 aromatic heterocycles. The van der Waals surface area contributed by atoms with E-state index in [-0.39, 0.29) is 18.6 Å². The molecule has 0 bridgehead atoms.